The van der Waals surface area contributed by atoms with E-state index in [1.54, 1.807) is 24.3 Å². The summed E-state index contributed by atoms with van der Waals surface area (Å²) in [5.74, 6) is 0. The first kappa shape index (κ1) is 29.4. The summed E-state index contributed by atoms with van der Waals surface area (Å²) in [5.41, 5.74) is 0.00693. The first-order valence-corrected chi connectivity index (χ1v) is 13.0. The topological polar surface area (TPSA) is 0 Å². The molecule has 0 bridgehead atoms. The van der Waals surface area contributed by atoms with E-state index < -0.39 is 34.3 Å². The van der Waals surface area contributed by atoms with E-state index in [1.165, 1.54) is 36.4 Å². The van der Waals surface area contributed by atoms with Crippen molar-refractivity contribution >= 4 is 0 Å². The van der Waals surface area contributed by atoms with Crippen molar-refractivity contribution in [1.82, 2.24) is 0 Å². The van der Waals surface area contributed by atoms with Gasteiger partial charge in [0.15, 0.2) is 0 Å². The van der Waals surface area contributed by atoms with Crippen molar-refractivity contribution in [3.63, 3.8) is 0 Å². The molecule has 210 valence electrons. The number of hydrogen-bond donors (Lipinski definition) is 0. The van der Waals surface area contributed by atoms with E-state index in [2.05, 4.69) is 0 Å². The molecule has 0 radical (unpaired) electrons. The van der Waals surface area contributed by atoms with Gasteiger partial charge < -0.3 is 0 Å². The van der Waals surface area contributed by atoms with E-state index in [0.29, 0.717) is 16.7 Å². The van der Waals surface area contributed by atoms with Crippen LogP contribution in [0.5, 0.6) is 0 Å². The van der Waals surface area contributed by atoms with Crippen LogP contribution >= 0.6 is 0 Å². The molecule has 40 heavy (non-hydrogen) atoms. The second-order valence-corrected chi connectivity index (χ2v) is 12.1. The van der Waals surface area contributed by atoms with Crippen molar-refractivity contribution in [2.45, 2.75) is 64.7 Å². The number of halogens is 6. The van der Waals surface area contributed by atoms with Crippen LogP contribution in [0, 0.1) is 0 Å². The Labute approximate surface area is 231 Å². The van der Waals surface area contributed by atoms with Gasteiger partial charge in [0.05, 0.1) is 11.1 Å². The monoisotopic (exact) mass is 554 g/mol. The van der Waals surface area contributed by atoms with Crippen molar-refractivity contribution in [3.05, 3.63) is 107 Å². The van der Waals surface area contributed by atoms with Gasteiger partial charge in [0.1, 0.15) is 0 Å². The maximum absolute atomic E-state index is 14.4. The molecule has 0 unspecified atom stereocenters. The summed E-state index contributed by atoms with van der Waals surface area (Å²) in [7, 11) is 0. The molecular weight excluding hydrogens is 522 g/mol. The zero-order valence-electron chi connectivity index (χ0n) is 23.4. The fourth-order valence-corrected chi connectivity index (χ4v) is 5.08. The average molecular weight is 555 g/mol. The molecule has 0 atom stereocenters. The van der Waals surface area contributed by atoms with Crippen molar-refractivity contribution in [2.24, 2.45) is 0 Å². The van der Waals surface area contributed by atoms with Crippen LogP contribution in [0.4, 0.5) is 26.3 Å². The molecular formula is C34H32F6. The first-order valence-electron chi connectivity index (χ1n) is 13.0. The average Bonchev–Trinajstić information content (AvgIpc) is 2.86. The van der Waals surface area contributed by atoms with E-state index in [9.17, 15) is 26.3 Å². The molecule has 0 aliphatic heterocycles. The molecule has 4 aromatic rings. The Bertz CT molecular complexity index is 1450. The fraction of sp³-hybridized carbons (Fsp3) is 0.294. The van der Waals surface area contributed by atoms with Gasteiger partial charge in [-0.15, -0.1) is 0 Å². The van der Waals surface area contributed by atoms with Crippen LogP contribution < -0.4 is 0 Å². The van der Waals surface area contributed by atoms with Crippen LogP contribution in [-0.2, 0) is 23.2 Å². The minimum atomic E-state index is -4.67. The summed E-state index contributed by atoms with van der Waals surface area (Å²) >= 11 is 0. The van der Waals surface area contributed by atoms with Gasteiger partial charge in [-0.2, -0.15) is 26.3 Å². The lowest BCUT2D eigenvalue weighted by Crippen LogP contribution is -2.16. The zero-order chi connectivity index (χ0) is 29.7. The molecule has 0 spiro atoms. The Morgan fingerprint density at radius 3 is 1.10 bits per heavy atom. The van der Waals surface area contributed by atoms with Gasteiger partial charge in [-0.3, -0.25) is 0 Å². The SMILES string of the molecule is CC(C)(C)c1cc(-c2ccccc2C(F)(F)F)c(-c2ccccc2C(C)(C)C)c(-c2ccccc2C(F)(F)F)c1. The van der Waals surface area contributed by atoms with Gasteiger partial charge in [-0.25, -0.2) is 0 Å². The van der Waals surface area contributed by atoms with Crippen molar-refractivity contribution in [1.29, 1.82) is 0 Å². The van der Waals surface area contributed by atoms with Gasteiger partial charge in [-0.1, -0.05) is 102 Å². The molecule has 0 fully saturated rings. The third-order valence-electron chi connectivity index (χ3n) is 7.05. The van der Waals surface area contributed by atoms with Gasteiger partial charge >= 0.3 is 12.4 Å². The van der Waals surface area contributed by atoms with E-state index in [-0.39, 0.29) is 22.3 Å². The third-order valence-corrected chi connectivity index (χ3v) is 7.05. The molecule has 0 aromatic heterocycles. The van der Waals surface area contributed by atoms with Gasteiger partial charge in [0.25, 0.3) is 0 Å². The normalized spacial score (nSPS) is 13.0. The highest BCUT2D eigenvalue weighted by molar-refractivity contribution is 5.98. The smallest absolute Gasteiger partial charge is 0.166 e. The summed E-state index contributed by atoms with van der Waals surface area (Å²) in [4.78, 5) is 0. The van der Waals surface area contributed by atoms with Crippen LogP contribution in [0.25, 0.3) is 33.4 Å². The van der Waals surface area contributed by atoms with E-state index in [1.807, 2.05) is 53.7 Å². The minimum Gasteiger partial charge on any atom is -0.166 e. The molecule has 0 saturated heterocycles. The molecule has 0 N–H and O–H groups in total. The number of benzene rings is 4. The molecule has 0 aliphatic carbocycles. The Kier molecular flexibility index (Phi) is 7.46. The Morgan fingerprint density at radius 2 is 0.750 bits per heavy atom. The van der Waals surface area contributed by atoms with E-state index in [0.717, 1.165) is 17.7 Å². The highest BCUT2D eigenvalue weighted by Crippen LogP contribution is 2.50. The predicted octanol–water partition coefficient (Wildman–Crippen LogP) is 11.3. The molecule has 0 nitrogen and oxygen atoms in total. The lowest BCUT2D eigenvalue weighted by atomic mass is 9.75. The van der Waals surface area contributed by atoms with Crippen molar-refractivity contribution in [2.75, 3.05) is 0 Å². The van der Waals surface area contributed by atoms with Gasteiger partial charge in [0.2, 0.25) is 0 Å². The highest BCUT2D eigenvalue weighted by atomic mass is 19.4. The van der Waals surface area contributed by atoms with Crippen LogP contribution in [0.1, 0.15) is 63.8 Å². The molecule has 0 heterocycles. The summed E-state index contributed by atoms with van der Waals surface area (Å²) in [6.45, 7) is 11.6. The van der Waals surface area contributed by atoms with Crippen LogP contribution in [0.15, 0.2) is 84.9 Å². The Balaban J connectivity index is 2.31. The predicted molar refractivity (Wildman–Crippen MR) is 150 cm³/mol. The minimum absolute atomic E-state index is 0.0782. The number of alkyl halides is 6. The highest BCUT2D eigenvalue weighted by Gasteiger charge is 2.37. The van der Waals surface area contributed by atoms with Gasteiger partial charge in [0, 0.05) is 0 Å². The lowest BCUT2D eigenvalue weighted by Gasteiger charge is -2.29. The Hall–Kier alpha value is -3.54. The van der Waals surface area contributed by atoms with Crippen molar-refractivity contribution < 1.29 is 26.3 Å². The molecule has 0 aliphatic rings. The molecule has 4 rings (SSSR count). The quantitative estimate of drug-likeness (QED) is 0.221. The molecule has 6 heteroatoms. The number of hydrogen-bond acceptors (Lipinski definition) is 0. The second-order valence-electron chi connectivity index (χ2n) is 12.1. The third kappa shape index (κ3) is 5.81. The van der Waals surface area contributed by atoms with Crippen LogP contribution in [0.2, 0.25) is 0 Å². The van der Waals surface area contributed by atoms with Crippen LogP contribution in [-0.4, -0.2) is 0 Å². The van der Waals surface area contributed by atoms with Crippen LogP contribution in [0.3, 0.4) is 0 Å². The molecule has 0 saturated carbocycles. The fourth-order valence-electron chi connectivity index (χ4n) is 5.08. The lowest BCUT2D eigenvalue weighted by molar-refractivity contribution is -0.137. The second kappa shape index (κ2) is 10.1. The summed E-state index contributed by atoms with van der Waals surface area (Å²) in [6.07, 6.45) is -9.33. The maximum atomic E-state index is 14.4. The largest absolute Gasteiger partial charge is 0.417 e. The molecule has 0 amide bonds. The molecule has 4 aromatic carbocycles. The first-order chi connectivity index (χ1) is 18.4. The Morgan fingerprint density at radius 1 is 0.400 bits per heavy atom. The summed E-state index contributed by atoms with van der Waals surface area (Å²) in [6, 6.07) is 21.2. The maximum Gasteiger partial charge on any atom is 0.417 e. The van der Waals surface area contributed by atoms with Crippen molar-refractivity contribution in [3.8, 4) is 33.4 Å². The standard InChI is InChI=1S/C34H32F6/c1-31(2,3)21-19-25(22-13-7-11-17-28(22)33(35,36)37)30(24-15-9-10-16-27(24)32(4,5)6)26(20-21)23-14-8-12-18-29(23)34(38,39)40/h7-20H,1-6H3. The van der Waals surface area contributed by atoms with E-state index in [4.69, 9.17) is 0 Å². The zero-order valence-corrected chi connectivity index (χ0v) is 23.4. The summed E-state index contributed by atoms with van der Waals surface area (Å²) in [5, 5.41) is 0. The summed E-state index contributed by atoms with van der Waals surface area (Å²) < 4.78 is 86.2. The van der Waals surface area contributed by atoms with Gasteiger partial charge in [-0.05, 0) is 79.6 Å². The number of rotatable bonds is 3. The van der Waals surface area contributed by atoms with E-state index >= 15 is 0 Å².